The van der Waals surface area contributed by atoms with Crippen LogP contribution in [0.1, 0.15) is 30.0 Å². The molecule has 0 bridgehead atoms. The van der Waals surface area contributed by atoms with Crippen molar-refractivity contribution in [2.24, 2.45) is 0 Å². The lowest BCUT2D eigenvalue weighted by atomic mass is 9.86. The van der Waals surface area contributed by atoms with Crippen molar-refractivity contribution in [3.05, 3.63) is 65.0 Å². The van der Waals surface area contributed by atoms with Crippen LogP contribution in [-0.2, 0) is 21.7 Å². The molecule has 1 unspecified atom stereocenters. The second-order valence-corrected chi connectivity index (χ2v) is 7.13. The van der Waals surface area contributed by atoms with Gasteiger partial charge in [-0.3, -0.25) is 14.5 Å². The quantitative estimate of drug-likeness (QED) is 0.683. The highest BCUT2D eigenvalue weighted by Crippen LogP contribution is 2.34. The molecule has 0 aliphatic carbocycles. The molecule has 7 nitrogen and oxygen atoms in total. The van der Waals surface area contributed by atoms with E-state index in [9.17, 15) is 18.8 Å². The molecule has 4 amide bonds. The summed E-state index contributed by atoms with van der Waals surface area (Å²) >= 11 is 0. The zero-order chi connectivity index (χ0) is 21.9. The van der Waals surface area contributed by atoms with E-state index >= 15 is 0 Å². The van der Waals surface area contributed by atoms with Crippen LogP contribution in [0.25, 0.3) is 0 Å². The Morgan fingerprint density at radius 2 is 1.97 bits per heavy atom. The van der Waals surface area contributed by atoms with Crippen LogP contribution in [0, 0.1) is 12.7 Å². The minimum Gasteiger partial charge on any atom is -0.496 e. The maximum Gasteiger partial charge on any atom is 0.325 e. The second-order valence-electron chi connectivity index (χ2n) is 7.13. The summed E-state index contributed by atoms with van der Waals surface area (Å²) in [7, 11) is 1.56. The smallest absolute Gasteiger partial charge is 0.325 e. The lowest BCUT2D eigenvalue weighted by molar-refractivity contribution is -0.135. The first-order valence-electron chi connectivity index (χ1n) is 9.61. The predicted octanol–water partition coefficient (Wildman–Crippen LogP) is 2.62. The van der Waals surface area contributed by atoms with Crippen molar-refractivity contribution in [2.75, 3.05) is 13.7 Å². The number of carbonyl (C=O) groups is 3. The number of amides is 4. The molecule has 2 aromatic carbocycles. The van der Waals surface area contributed by atoms with Gasteiger partial charge in [-0.15, -0.1) is 0 Å². The number of ether oxygens (including phenoxy) is 1. The standard InChI is InChI=1S/C22H24FN3O4/c1-4-22(16-9-10-18(30-3)14(2)11-16)20(28)26(21(29)25-22)13-19(27)24-12-15-7-5-6-8-17(15)23/h5-11H,4,12-13H2,1-3H3,(H,24,27)(H,25,29). The number of benzene rings is 2. The first-order chi connectivity index (χ1) is 14.3. The third-order valence-corrected chi connectivity index (χ3v) is 5.33. The largest absolute Gasteiger partial charge is 0.496 e. The molecular formula is C22H24FN3O4. The number of carbonyl (C=O) groups excluding carboxylic acids is 3. The number of imide groups is 1. The van der Waals surface area contributed by atoms with E-state index < -0.39 is 35.7 Å². The Hall–Kier alpha value is -3.42. The van der Waals surface area contributed by atoms with Crippen LogP contribution in [0.15, 0.2) is 42.5 Å². The maximum atomic E-state index is 13.7. The molecule has 1 heterocycles. The van der Waals surface area contributed by atoms with Crippen LogP contribution in [0.2, 0.25) is 0 Å². The Balaban J connectivity index is 1.75. The minimum absolute atomic E-state index is 0.0360. The fraction of sp³-hybridized carbons (Fsp3) is 0.318. The number of rotatable bonds is 7. The van der Waals surface area contributed by atoms with Gasteiger partial charge in [0.15, 0.2) is 0 Å². The van der Waals surface area contributed by atoms with Crippen LogP contribution >= 0.6 is 0 Å². The lowest BCUT2D eigenvalue weighted by Crippen LogP contribution is -2.44. The van der Waals surface area contributed by atoms with Gasteiger partial charge in [-0.05, 0) is 42.7 Å². The summed E-state index contributed by atoms with van der Waals surface area (Å²) in [6, 6.07) is 10.7. The number of hydrogen-bond acceptors (Lipinski definition) is 4. The zero-order valence-electron chi connectivity index (χ0n) is 17.1. The fourth-order valence-corrected chi connectivity index (χ4v) is 3.59. The van der Waals surface area contributed by atoms with E-state index in [1.54, 1.807) is 50.4 Å². The summed E-state index contributed by atoms with van der Waals surface area (Å²) in [6.45, 7) is 3.15. The van der Waals surface area contributed by atoms with E-state index in [0.717, 1.165) is 10.5 Å². The number of nitrogens with zero attached hydrogens (tertiary/aromatic N) is 1. The third-order valence-electron chi connectivity index (χ3n) is 5.33. The summed E-state index contributed by atoms with van der Waals surface area (Å²) in [6.07, 6.45) is 0.316. The average molecular weight is 413 g/mol. The first-order valence-corrected chi connectivity index (χ1v) is 9.61. The first kappa shape index (κ1) is 21.3. The van der Waals surface area contributed by atoms with Gasteiger partial charge in [0.25, 0.3) is 5.91 Å². The Bertz CT molecular complexity index is 994. The molecule has 158 valence electrons. The monoisotopic (exact) mass is 413 g/mol. The lowest BCUT2D eigenvalue weighted by Gasteiger charge is -2.26. The van der Waals surface area contributed by atoms with Gasteiger partial charge in [-0.1, -0.05) is 31.2 Å². The van der Waals surface area contributed by atoms with E-state index in [1.165, 1.54) is 6.07 Å². The van der Waals surface area contributed by atoms with E-state index in [1.807, 2.05) is 6.92 Å². The van der Waals surface area contributed by atoms with Gasteiger partial charge in [-0.25, -0.2) is 9.18 Å². The summed E-state index contributed by atoms with van der Waals surface area (Å²) < 4.78 is 19.0. The van der Waals surface area contributed by atoms with Crippen molar-refractivity contribution in [3.8, 4) is 5.75 Å². The molecule has 0 saturated carbocycles. The molecule has 1 aliphatic rings. The van der Waals surface area contributed by atoms with Crippen molar-refractivity contribution in [1.82, 2.24) is 15.5 Å². The molecule has 2 aromatic rings. The van der Waals surface area contributed by atoms with Gasteiger partial charge >= 0.3 is 6.03 Å². The van der Waals surface area contributed by atoms with Crippen molar-refractivity contribution in [2.45, 2.75) is 32.4 Å². The minimum atomic E-state index is -1.25. The van der Waals surface area contributed by atoms with Crippen molar-refractivity contribution >= 4 is 17.8 Å². The Kier molecular flexibility index (Phi) is 6.05. The molecule has 0 radical (unpaired) electrons. The maximum absolute atomic E-state index is 13.7. The van der Waals surface area contributed by atoms with Gasteiger partial charge in [0.05, 0.1) is 7.11 Å². The Labute approximate surface area is 174 Å². The van der Waals surface area contributed by atoms with Crippen LogP contribution in [0.3, 0.4) is 0 Å². The number of nitrogens with one attached hydrogen (secondary N) is 2. The molecule has 1 fully saturated rings. The fourth-order valence-electron chi connectivity index (χ4n) is 3.59. The van der Waals surface area contributed by atoms with Crippen LogP contribution < -0.4 is 15.4 Å². The van der Waals surface area contributed by atoms with Crippen LogP contribution in [0.4, 0.5) is 9.18 Å². The van der Waals surface area contributed by atoms with Gasteiger partial charge in [0, 0.05) is 12.1 Å². The zero-order valence-corrected chi connectivity index (χ0v) is 17.1. The Morgan fingerprint density at radius 1 is 1.23 bits per heavy atom. The van der Waals surface area contributed by atoms with Crippen LogP contribution in [-0.4, -0.2) is 36.4 Å². The second kappa shape index (κ2) is 8.52. The molecule has 3 rings (SSSR count). The van der Waals surface area contributed by atoms with E-state index in [2.05, 4.69) is 10.6 Å². The summed E-state index contributed by atoms with van der Waals surface area (Å²) in [4.78, 5) is 38.9. The molecule has 1 aliphatic heterocycles. The summed E-state index contributed by atoms with van der Waals surface area (Å²) in [5, 5.41) is 5.29. The van der Waals surface area contributed by atoms with Crippen molar-refractivity contribution < 1.29 is 23.5 Å². The SMILES string of the molecule is CCC1(c2ccc(OC)c(C)c2)NC(=O)N(CC(=O)NCc2ccccc2F)C1=O. The van der Waals surface area contributed by atoms with E-state index in [4.69, 9.17) is 4.74 Å². The van der Waals surface area contributed by atoms with Gasteiger partial charge < -0.3 is 15.4 Å². The van der Waals surface area contributed by atoms with Crippen molar-refractivity contribution in [1.29, 1.82) is 0 Å². The number of halogens is 1. The highest BCUT2D eigenvalue weighted by molar-refractivity contribution is 6.09. The summed E-state index contributed by atoms with van der Waals surface area (Å²) in [5.41, 5.74) is 0.515. The molecule has 30 heavy (non-hydrogen) atoms. The molecule has 2 N–H and O–H groups in total. The predicted molar refractivity (Wildman–Crippen MR) is 108 cm³/mol. The molecule has 0 aromatic heterocycles. The number of aryl methyl sites for hydroxylation is 1. The van der Waals surface area contributed by atoms with Gasteiger partial charge in [0.2, 0.25) is 5.91 Å². The van der Waals surface area contributed by atoms with Gasteiger partial charge in [0.1, 0.15) is 23.7 Å². The molecule has 0 spiro atoms. The molecule has 8 heteroatoms. The molecule has 1 saturated heterocycles. The van der Waals surface area contributed by atoms with E-state index in [-0.39, 0.29) is 6.54 Å². The number of urea groups is 1. The topological polar surface area (TPSA) is 87.7 Å². The average Bonchev–Trinajstić information content (AvgIpc) is 2.98. The van der Waals surface area contributed by atoms with Crippen LogP contribution in [0.5, 0.6) is 5.75 Å². The highest BCUT2D eigenvalue weighted by Gasteiger charge is 2.51. The Morgan fingerprint density at radius 3 is 2.60 bits per heavy atom. The molecular weight excluding hydrogens is 389 g/mol. The third kappa shape index (κ3) is 3.85. The highest BCUT2D eigenvalue weighted by atomic mass is 19.1. The van der Waals surface area contributed by atoms with Gasteiger partial charge in [-0.2, -0.15) is 0 Å². The van der Waals surface area contributed by atoms with E-state index in [0.29, 0.717) is 23.3 Å². The normalized spacial score (nSPS) is 18.3. The van der Waals surface area contributed by atoms with Crippen molar-refractivity contribution in [3.63, 3.8) is 0 Å². The molecule has 1 atom stereocenters. The summed E-state index contributed by atoms with van der Waals surface area (Å²) in [5.74, 6) is -0.820. The number of methoxy groups -OCH3 is 1. The number of hydrogen-bond donors (Lipinski definition) is 2.